The summed E-state index contributed by atoms with van der Waals surface area (Å²) in [4.78, 5) is 12.1. The smallest absolute Gasteiger partial charge is 0.189 e. The van der Waals surface area contributed by atoms with E-state index in [1.807, 2.05) is 13.8 Å². The lowest BCUT2D eigenvalue weighted by atomic mass is 10.0. The molecule has 2 N–H and O–H groups in total. The maximum atomic E-state index is 12.1. The fraction of sp³-hybridized carbons (Fsp3) is 0.118. The number of aromatic hydroxyl groups is 2. The zero-order valence-corrected chi connectivity index (χ0v) is 11.4. The van der Waals surface area contributed by atoms with Crippen molar-refractivity contribution in [1.82, 2.24) is 0 Å². The van der Waals surface area contributed by atoms with E-state index in [-0.39, 0.29) is 22.8 Å². The fourth-order valence-electron chi connectivity index (χ4n) is 1.91. The summed E-state index contributed by atoms with van der Waals surface area (Å²) >= 11 is 0. The molecular weight excluding hydrogens is 252 g/mol. The Morgan fingerprint density at radius 2 is 1.55 bits per heavy atom. The quantitative estimate of drug-likeness (QED) is 0.660. The predicted octanol–water partition coefficient (Wildman–Crippen LogP) is 3.61. The van der Waals surface area contributed by atoms with Crippen LogP contribution < -0.4 is 0 Å². The van der Waals surface area contributed by atoms with Crippen LogP contribution in [0.3, 0.4) is 0 Å². The van der Waals surface area contributed by atoms with Crippen molar-refractivity contribution < 1.29 is 15.0 Å². The Hall–Kier alpha value is -2.55. The zero-order valence-electron chi connectivity index (χ0n) is 11.4. The van der Waals surface area contributed by atoms with Gasteiger partial charge in [-0.2, -0.15) is 0 Å². The number of carbonyl (C=O) groups is 1. The number of phenols is 2. The van der Waals surface area contributed by atoms with Crippen molar-refractivity contribution in [3.63, 3.8) is 0 Å². The van der Waals surface area contributed by atoms with E-state index in [0.717, 1.165) is 11.1 Å². The molecule has 0 spiro atoms. The van der Waals surface area contributed by atoms with Crippen molar-refractivity contribution in [2.24, 2.45) is 0 Å². The van der Waals surface area contributed by atoms with Gasteiger partial charge in [0.2, 0.25) is 0 Å². The van der Waals surface area contributed by atoms with Crippen LogP contribution in [0.2, 0.25) is 0 Å². The molecule has 102 valence electrons. The first kappa shape index (κ1) is 13.9. The first-order valence-electron chi connectivity index (χ1n) is 6.29. The SMILES string of the molecule is Cc1ccc(O)c(C=CC(=O)c2cc(C)ccc2O)c1. The molecule has 0 unspecified atom stereocenters. The van der Waals surface area contributed by atoms with Gasteiger partial charge in [0.1, 0.15) is 11.5 Å². The molecule has 2 rings (SSSR count). The average molecular weight is 268 g/mol. The van der Waals surface area contributed by atoms with Gasteiger partial charge in [-0.3, -0.25) is 4.79 Å². The van der Waals surface area contributed by atoms with E-state index in [1.165, 1.54) is 12.1 Å². The number of phenolic OH excluding ortho intramolecular Hbond substituents is 2. The van der Waals surface area contributed by atoms with Crippen molar-refractivity contribution >= 4 is 11.9 Å². The van der Waals surface area contributed by atoms with Crippen molar-refractivity contribution in [1.29, 1.82) is 0 Å². The molecule has 3 nitrogen and oxygen atoms in total. The van der Waals surface area contributed by atoms with Crippen LogP contribution in [0.1, 0.15) is 27.0 Å². The summed E-state index contributed by atoms with van der Waals surface area (Å²) in [5.74, 6) is -0.223. The number of carbonyl (C=O) groups excluding carboxylic acids is 1. The van der Waals surface area contributed by atoms with Crippen LogP contribution in [0.25, 0.3) is 6.08 Å². The van der Waals surface area contributed by atoms with Crippen LogP contribution in [0.15, 0.2) is 42.5 Å². The maximum Gasteiger partial charge on any atom is 0.189 e. The highest BCUT2D eigenvalue weighted by molar-refractivity contribution is 6.08. The number of aryl methyl sites for hydroxylation is 2. The minimum absolute atomic E-state index is 0.0429. The Kier molecular flexibility index (Phi) is 3.89. The minimum Gasteiger partial charge on any atom is -0.507 e. The van der Waals surface area contributed by atoms with E-state index < -0.39 is 0 Å². The van der Waals surface area contributed by atoms with Crippen molar-refractivity contribution in [3.05, 3.63) is 64.7 Å². The number of hydrogen-bond acceptors (Lipinski definition) is 3. The van der Waals surface area contributed by atoms with E-state index in [9.17, 15) is 15.0 Å². The summed E-state index contributed by atoms with van der Waals surface area (Å²) in [5, 5.41) is 19.4. The Morgan fingerprint density at radius 3 is 2.25 bits per heavy atom. The third kappa shape index (κ3) is 3.06. The number of rotatable bonds is 3. The Labute approximate surface area is 117 Å². The molecular formula is C17H16O3. The lowest BCUT2D eigenvalue weighted by Gasteiger charge is -2.03. The highest BCUT2D eigenvalue weighted by Crippen LogP contribution is 2.22. The third-order valence-electron chi connectivity index (χ3n) is 3.01. The van der Waals surface area contributed by atoms with Crippen LogP contribution >= 0.6 is 0 Å². The van der Waals surface area contributed by atoms with Gasteiger partial charge in [0.15, 0.2) is 5.78 Å². The number of hydrogen-bond donors (Lipinski definition) is 2. The molecule has 20 heavy (non-hydrogen) atoms. The van der Waals surface area contributed by atoms with Gasteiger partial charge >= 0.3 is 0 Å². The second-order valence-electron chi connectivity index (χ2n) is 4.78. The Bertz CT molecular complexity index is 685. The lowest BCUT2D eigenvalue weighted by Crippen LogP contribution is -1.95. The normalized spacial score (nSPS) is 10.9. The largest absolute Gasteiger partial charge is 0.507 e. The highest BCUT2D eigenvalue weighted by atomic mass is 16.3. The van der Waals surface area contributed by atoms with Crippen molar-refractivity contribution in [3.8, 4) is 11.5 Å². The standard InChI is InChI=1S/C17H16O3/c1-11-3-6-15(18)13(9-11)5-8-17(20)14-10-12(2)4-7-16(14)19/h3-10,18-19H,1-2H3. The molecule has 2 aromatic rings. The molecule has 0 aromatic heterocycles. The summed E-state index contributed by atoms with van der Waals surface area (Å²) in [5.41, 5.74) is 2.73. The molecule has 3 heteroatoms. The molecule has 0 atom stereocenters. The van der Waals surface area contributed by atoms with Crippen LogP contribution in [0.4, 0.5) is 0 Å². The predicted molar refractivity (Wildman–Crippen MR) is 79.1 cm³/mol. The molecule has 0 bridgehead atoms. The molecule has 0 saturated carbocycles. The van der Waals surface area contributed by atoms with Gasteiger partial charge in [0, 0.05) is 5.56 Å². The molecule has 2 aromatic carbocycles. The Morgan fingerprint density at radius 1 is 0.950 bits per heavy atom. The molecule has 0 radical (unpaired) electrons. The second kappa shape index (κ2) is 5.61. The summed E-state index contributed by atoms with van der Waals surface area (Å²) in [6.07, 6.45) is 2.90. The average Bonchev–Trinajstić information content (AvgIpc) is 2.42. The van der Waals surface area contributed by atoms with E-state index >= 15 is 0 Å². The van der Waals surface area contributed by atoms with Crippen LogP contribution in [0.5, 0.6) is 11.5 Å². The Balaban J connectivity index is 2.29. The van der Waals surface area contributed by atoms with Gasteiger partial charge in [-0.15, -0.1) is 0 Å². The summed E-state index contributed by atoms with van der Waals surface area (Å²) in [6.45, 7) is 3.76. The van der Waals surface area contributed by atoms with Gasteiger partial charge in [-0.25, -0.2) is 0 Å². The van der Waals surface area contributed by atoms with E-state index in [4.69, 9.17) is 0 Å². The summed E-state index contributed by atoms with van der Waals surface area (Å²) in [7, 11) is 0. The maximum absolute atomic E-state index is 12.1. The number of ketones is 1. The molecule has 0 aliphatic heterocycles. The first-order chi connectivity index (χ1) is 9.47. The van der Waals surface area contributed by atoms with Crippen LogP contribution in [-0.2, 0) is 0 Å². The third-order valence-corrected chi connectivity index (χ3v) is 3.01. The van der Waals surface area contributed by atoms with Gasteiger partial charge in [0.05, 0.1) is 5.56 Å². The molecule has 0 fully saturated rings. The number of benzene rings is 2. The molecule has 0 aliphatic carbocycles. The van der Waals surface area contributed by atoms with Crippen LogP contribution in [-0.4, -0.2) is 16.0 Å². The highest BCUT2D eigenvalue weighted by Gasteiger charge is 2.08. The molecule has 0 amide bonds. The van der Waals surface area contributed by atoms with Crippen molar-refractivity contribution in [2.75, 3.05) is 0 Å². The fourth-order valence-corrected chi connectivity index (χ4v) is 1.91. The molecule has 0 saturated heterocycles. The molecule has 0 aliphatic rings. The van der Waals surface area contributed by atoms with Crippen LogP contribution in [0, 0.1) is 13.8 Å². The van der Waals surface area contributed by atoms with Gasteiger partial charge in [-0.1, -0.05) is 23.3 Å². The zero-order chi connectivity index (χ0) is 14.7. The van der Waals surface area contributed by atoms with E-state index in [2.05, 4.69) is 0 Å². The lowest BCUT2D eigenvalue weighted by molar-refractivity contribution is 0.104. The van der Waals surface area contributed by atoms with E-state index in [1.54, 1.807) is 36.4 Å². The summed E-state index contributed by atoms with van der Waals surface area (Å²) < 4.78 is 0. The van der Waals surface area contributed by atoms with Crippen molar-refractivity contribution in [2.45, 2.75) is 13.8 Å². The second-order valence-corrected chi connectivity index (χ2v) is 4.78. The monoisotopic (exact) mass is 268 g/mol. The van der Waals surface area contributed by atoms with Gasteiger partial charge in [0.25, 0.3) is 0 Å². The first-order valence-corrected chi connectivity index (χ1v) is 6.29. The summed E-state index contributed by atoms with van der Waals surface area (Å²) in [6, 6.07) is 10.0. The topological polar surface area (TPSA) is 57.5 Å². The minimum atomic E-state index is -0.299. The van der Waals surface area contributed by atoms with Gasteiger partial charge in [-0.05, 0) is 50.3 Å². The van der Waals surface area contributed by atoms with E-state index in [0.29, 0.717) is 5.56 Å². The molecule has 0 heterocycles. The number of allylic oxidation sites excluding steroid dienone is 1. The van der Waals surface area contributed by atoms with Gasteiger partial charge < -0.3 is 10.2 Å².